The van der Waals surface area contributed by atoms with Gasteiger partial charge in [-0.2, -0.15) is 20.4 Å². The predicted molar refractivity (Wildman–Crippen MR) is 489 cm³/mol. The van der Waals surface area contributed by atoms with Crippen LogP contribution in [0.4, 0.5) is 4.39 Å². The summed E-state index contributed by atoms with van der Waals surface area (Å²) in [5.74, 6) is -0.370. The first-order chi connectivity index (χ1) is 57.5. The molecule has 0 aliphatic carbocycles. The highest BCUT2D eigenvalue weighted by atomic mass is 127. The summed E-state index contributed by atoms with van der Waals surface area (Å²) in [5, 5.41) is 27.6. The van der Waals surface area contributed by atoms with Gasteiger partial charge >= 0.3 is 14.2 Å². The fourth-order valence-electron chi connectivity index (χ4n) is 10.7. The lowest BCUT2D eigenvalue weighted by Gasteiger charge is -2.32. The van der Waals surface area contributed by atoms with Crippen LogP contribution in [0.5, 0.6) is 0 Å². The monoisotopic (exact) mass is 2060 g/mol. The van der Waals surface area contributed by atoms with Gasteiger partial charge in [0.05, 0.1) is 64.3 Å². The molecule has 34 heteroatoms. The van der Waals surface area contributed by atoms with Crippen LogP contribution < -0.4 is 40.5 Å². The van der Waals surface area contributed by atoms with Gasteiger partial charge in [-0.25, -0.2) is 9.97 Å². The van der Waals surface area contributed by atoms with Crippen LogP contribution >= 0.6 is 116 Å². The van der Waals surface area contributed by atoms with Crippen molar-refractivity contribution in [2.75, 3.05) is 46.4 Å². The number of alkyl halides is 5. The number of aryl methyl sites for hydroxylation is 3. The minimum atomic E-state index is -2.29. The number of likely N-dealkylation sites (tertiary alicyclic amines) is 2. The maximum Gasteiger partial charge on any atom is 0.498 e. The van der Waals surface area contributed by atoms with Gasteiger partial charge in [0.1, 0.15) is 10.3 Å². The zero-order chi connectivity index (χ0) is 92.6. The number of quaternary nitrogens is 1. The number of benzene rings is 3. The summed E-state index contributed by atoms with van der Waals surface area (Å²) >= 11 is 26.2. The topological polar surface area (TPSA) is 295 Å². The molecule has 0 saturated carbocycles. The molecule has 0 bridgehead atoms. The number of rotatable bonds is 14. The summed E-state index contributed by atoms with van der Waals surface area (Å²) in [5.41, 5.74) is 17.3. The number of H-pyrrole nitrogens is 1. The summed E-state index contributed by atoms with van der Waals surface area (Å²) in [6.07, 6.45) is 25.4. The average molecular weight is 2060 g/mol. The number of nitrogens with zero attached hydrogens (tertiary/aromatic N) is 12. The molecule has 4 fully saturated rings. The van der Waals surface area contributed by atoms with Crippen LogP contribution in [-0.4, -0.2) is 183 Å². The molecule has 3 aromatic carbocycles. The van der Waals surface area contributed by atoms with E-state index in [1.165, 1.54) is 59.1 Å². The van der Waals surface area contributed by atoms with E-state index in [1.54, 1.807) is 50.2 Å². The molecule has 3 atom stereocenters. The normalized spacial score (nSPS) is 17.6. The summed E-state index contributed by atoms with van der Waals surface area (Å²) in [6, 6.07) is 22.8. The molecule has 23 nitrogen and oxygen atoms in total. The Kier molecular flexibility index (Phi) is 39.1. The number of carbonyl (C=O) groups excluding carboxylic acids is 3. The number of unbranched alkanes of at least 4 members (excludes halogenated alkanes) is 1. The second-order valence-corrected chi connectivity index (χ2v) is 35.7. The number of nitrogens with two attached hydrogens (primary N) is 2. The Morgan fingerprint density at radius 3 is 1.35 bits per heavy atom. The lowest BCUT2D eigenvalue weighted by atomic mass is 9.82. The minimum Gasteiger partial charge on any atom is -1.00 e. The van der Waals surface area contributed by atoms with E-state index < -0.39 is 46.4 Å². The predicted octanol–water partition coefficient (Wildman–Crippen LogP) is 12.6. The molecule has 7 aromatic heterocycles. The highest BCUT2D eigenvalue weighted by Crippen LogP contribution is 2.38. The Morgan fingerprint density at radius 2 is 0.965 bits per heavy atom. The largest absolute Gasteiger partial charge is 1.00 e. The van der Waals surface area contributed by atoms with Crippen molar-refractivity contribution in [2.45, 2.75) is 175 Å². The van der Waals surface area contributed by atoms with Crippen molar-refractivity contribution in [1.82, 2.24) is 64.3 Å². The van der Waals surface area contributed by atoms with Gasteiger partial charge in [-0.1, -0.05) is 160 Å². The molecular weight excluding hydrogens is 1940 g/mol. The average Bonchev–Trinajstić information content (AvgIpc) is 1.62. The van der Waals surface area contributed by atoms with Crippen LogP contribution in [0.3, 0.4) is 0 Å². The third-order valence-corrected chi connectivity index (χ3v) is 20.8. The van der Waals surface area contributed by atoms with Crippen molar-refractivity contribution in [3.8, 4) is 22.3 Å². The zero-order valence-corrected chi connectivity index (χ0v) is 78.1. The molecule has 0 radical (unpaired) electrons. The van der Waals surface area contributed by atoms with E-state index in [0.717, 1.165) is 134 Å². The van der Waals surface area contributed by atoms with E-state index in [2.05, 4.69) is 149 Å². The molecule has 10 aromatic rings. The molecule has 114 heavy (non-hydrogen) atoms. The number of fused-ring (bicyclic) bond motifs is 3. The highest BCUT2D eigenvalue weighted by molar-refractivity contribution is 14.2. The fourth-order valence-corrected chi connectivity index (χ4v) is 12.3. The van der Waals surface area contributed by atoms with Gasteiger partial charge < -0.3 is 48.2 Å². The number of hydrogen-bond acceptors (Lipinski definition) is 16. The van der Waals surface area contributed by atoms with Gasteiger partial charge in [0.25, 0.3) is 5.91 Å². The Hall–Kier alpha value is -5.11. The number of aromatic nitrogens is 11. The smallest absolute Gasteiger partial charge is 0.498 e. The van der Waals surface area contributed by atoms with E-state index in [0.29, 0.717) is 22.2 Å². The van der Waals surface area contributed by atoms with E-state index in [1.807, 2.05) is 150 Å². The quantitative estimate of drug-likeness (QED) is 0.0259. The van der Waals surface area contributed by atoms with Gasteiger partial charge in [0, 0.05) is 148 Å². The van der Waals surface area contributed by atoms with E-state index in [4.69, 9.17) is 67.0 Å². The number of primary amides is 2. The molecule has 2 amide bonds. The minimum absolute atomic E-state index is 0. The molecule has 4 saturated heterocycles. The van der Waals surface area contributed by atoms with Crippen LogP contribution in [0.15, 0.2) is 145 Å². The maximum absolute atomic E-state index is 12.7. The van der Waals surface area contributed by atoms with Crippen LogP contribution in [0.1, 0.15) is 148 Å². The Labute approximate surface area is 756 Å². The first kappa shape index (κ1) is 86.7. The molecule has 11 heterocycles. The van der Waals surface area contributed by atoms with Crippen molar-refractivity contribution >= 4 is 191 Å². The second kappa shape index (κ2) is 51.4. The summed E-state index contributed by atoms with van der Waals surface area (Å²) in [7, 11) is -1.88. The number of carbonyl (C=O) groups is 3. The van der Waals surface area contributed by atoms with Crippen molar-refractivity contribution in [1.29, 1.82) is 0 Å². The molecule has 0 unspecified atom stereocenters. The number of ketones is 1. The number of aromatic amines is 1. The fraction of sp³-hybridized carbons (Fsp3) is 0.475. The molecular formula is C80H113B2Br3Cl3FI2N16O7. The van der Waals surface area contributed by atoms with Crippen LogP contribution in [0.2, 0.25) is 10.3 Å². The zero-order valence-electron chi connectivity index (χ0n) is 76.8. The lowest BCUT2D eigenvalue weighted by molar-refractivity contribution is -0.397. The Morgan fingerprint density at radius 1 is 0.579 bits per heavy atom. The first-order valence-corrected chi connectivity index (χ1v) is 43.4. The number of pyridine rings is 3. The molecule has 0 spiro atoms. The number of hydrogen-bond donors (Lipinski definition) is 4. The molecule has 14 rings (SSSR count). The van der Waals surface area contributed by atoms with Crippen LogP contribution in [0, 0.1) is 0 Å². The Balaban J connectivity index is 0.000000376. The number of Topliss-reactive ketones (excluding diaryl/α,β-unsaturated/α-hetero) is 1. The van der Waals surface area contributed by atoms with Gasteiger partial charge in [-0.3, -0.25) is 52.7 Å². The number of nitrogens with one attached hydrogen (secondary N) is 1. The molecule has 4 aliphatic heterocycles. The molecule has 8 N–H and O–H groups in total. The van der Waals surface area contributed by atoms with Crippen molar-refractivity contribution in [2.24, 2.45) is 32.4 Å². The summed E-state index contributed by atoms with van der Waals surface area (Å²) in [6.45, 7) is 22.6. The van der Waals surface area contributed by atoms with E-state index >= 15 is 0 Å². The number of amides is 2. The van der Waals surface area contributed by atoms with Gasteiger partial charge in [-0.15, -0.1) is 0 Å². The maximum atomic E-state index is 12.7. The third-order valence-electron chi connectivity index (χ3n) is 18.7. The Bertz CT molecular complexity index is 4820. The standard InChI is InChI=1S/C21H24N4O.C13H10ClN3.C10H17BN2O2.C9H15BN2O2.C9H5BrClN.C7H14N2O.C4H8Br2.C3H8N2O.C2H6.CH3F.CH2I2.ClH/c1-15(25-7-3-4-8-25)21(26)11-20-10-18-9-16(5-6-17(18)12-22-20)19-13-23-24(2)14-19;1-17-8-12(7-16-17)9-2-3-10-6-15-13(14)5-11(10)4-9;1-9(2)10(3,4)15-11(14-9)8-6-12-13(5)7-8;1-8(2)9(3,4)14-10(13-8)7-5-11-12-6-7;10-8-2-1-6-5-12-9(11)4-7(6)3-8;1-6(7(8)10)9-4-2-3-5-9;5-3-1-2-4-6;1-2(4)3(5)6;2*1-2;2-1-3;/h5-6,9-10,12-15H,3-4,7-8,11H2,1-2H3;2-8H,1H3;6-7H,1-5H3;5-6H,1-4H3,(H,11,12);1-5H;6H,2-5H2,1H3,(H2,8,10);1-4H2;2H,4H2,1H3,(H2,5,6);1-2H3;1H3;1H2;1H/t15-;;;;;6-;;2-;;;;/m0....0.0..../s1/i2D3;1D3;5D3;;;;;;;1D;;. The van der Waals surface area contributed by atoms with Gasteiger partial charge in [-0.05, 0) is 211 Å². The second-order valence-electron chi connectivity index (χ2n) is 28.0. The third kappa shape index (κ3) is 33.2. The number of halogens is 9. The SMILES string of the molecule is BrCCCCBr.CC.CC1(C)OB(c2cn[nH]c2)OC1(C)C.C[C@@H](C(N)=O)N1CCCC1.C[C@H]([NH3+])C(N)=O.Clc1cc2cc(Br)ccc2cn1.ICI.[2H]C([2H])([2H])n1cc(-c2ccc3cnc(CC(=O)[C@H](C)N4CCCC4)cc3c2)cn1.[2H]C([2H])([2H])n1cc(-c2ccc3cnc(Cl)cc3c2)cn1.[2H]C([2H])([2H])n1cc(B2OC(C)(C)C(C)(C)O2)cn1.[2H]CF.[Cl-]. The van der Waals surface area contributed by atoms with E-state index in [-0.39, 0.29) is 66.5 Å². The molecule has 4 aliphatic rings. The van der Waals surface area contributed by atoms with Crippen LogP contribution in [-0.2, 0) is 60.3 Å². The van der Waals surface area contributed by atoms with E-state index in [9.17, 15) is 18.8 Å². The van der Waals surface area contributed by atoms with Crippen LogP contribution in [0.25, 0.3) is 54.6 Å². The first-order valence-electron chi connectivity index (χ1n) is 41.8. The summed E-state index contributed by atoms with van der Waals surface area (Å²) in [4.78, 5) is 50.0. The van der Waals surface area contributed by atoms with Gasteiger partial charge in [0.15, 0.2) is 11.8 Å². The van der Waals surface area contributed by atoms with Crippen molar-refractivity contribution in [3.05, 3.63) is 161 Å². The lowest BCUT2D eigenvalue weighted by Crippen LogP contribution is -3.00. The molecule has 624 valence electrons. The van der Waals surface area contributed by atoms with Crippen molar-refractivity contribution in [3.63, 3.8) is 0 Å². The van der Waals surface area contributed by atoms with Gasteiger partial charge in [0.2, 0.25) is 5.91 Å². The van der Waals surface area contributed by atoms with Crippen molar-refractivity contribution < 1.29 is 69.2 Å². The highest BCUT2D eigenvalue weighted by Gasteiger charge is 2.53. The summed E-state index contributed by atoms with van der Waals surface area (Å²) < 4.78 is 110.